The summed E-state index contributed by atoms with van der Waals surface area (Å²) in [7, 11) is 1.14. The van der Waals surface area contributed by atoms with Crippen LogP contribution in [0.4, 0.5) is 0 Å². The molecule has 2 unspecified atom stereocenters. The van der Waals surface area contributed by atoms with E-state index >= 15 is 0 Å². The average Bonchev–Trinajstić information content (AvgIpc) is 3.20. The molecule has 0 aromatic heterocycles. The number of likely N-dealkylation sites (N-methyl/N-ethyl adjacent to an activating group) is 1. The van der Waals surface area contributed by atoms with Gasteiger partial charge in [-0.2, -0.15) is 0 Å². The van der Waals surface area contributed by atoms with Crippen molar-refractivity contribution in [1.82, 2.24) is 0 Å². The third-order valence-electron chi connectivity index (χ3n) is 10.4. The fourth-order valence-electron chi connectivity index (χ4n) is 6.59. The van der Waals surface area contributed by atoms with E-state index in [0.717, 1.165) is 70.6 Å². The molecule has 2 atom stereocenters. The first-order chi connectivity index (χ1) is 29.0. The minimum Gasteiger partial charge on any atom is -0.756 e. The molecule has 0 radical (unpaired) electrons. The number of nitrogens with zero attached hydrogens (tertiary/aromatic N) is 1. The number of carbonyl (C=O) groups excluding carboxylic acids is 2. The lowest BCUT2D eigenvalue weighted by Crippen LogP contribution is -2.37. The summed E-state index contributed by atoms with van der Waals surface area (Å²) in [5.74, 6) is -0.862. The van der Waals surface area contributed by atoms with Crippen LogP contribution < -0.4 is 4.89 Å². The van der Waals surface area contributed by atoms with Gasteiger partial charge in [-0.1, -0.05) is 184 Å². The van der Waals surface area contributed by atoms with Crippen LogP contribution in [-0.2, 0) is 32.7 Å². The number of phosphoric acid groups is 1. The van der Waals surface area contributed by atoms with Crippen LogP contribution in [0.3, 0.4) is 0 Å². The molecule has 60 heavy (non-hydrogen) atoms. The summed E-state index contributed by atoms with van der Waals surface area (Å²) in [6, 6.07) is 0. The first-order valence-electron chi connectivity index (χ1n) is 24.4. The number of esters is 2. The van der Waals surface area contributed by atoms with Crippen molar-refractivity contribution in [1.29, 1.82) is 0 Å². The molecule has 0 N–H and O–H groups in total. The summed E-state index contributed by atoms with van der Waals surface area (Å²) in [5, 5.41) is 0. The van der Waals surface area contributed by atoms with Crippen LogP contribution in [-0.4, -0.2) is 70.0 Å². The highest BCUT2D eigenvalue weighted by Crippen LogP contribution is 2.38. The fraction of sp³-hybridized carbons (Fsp3) is 0.800. The summed E-state index contributed by atoms with van der Waals surface area (Å²) >= 11 is 0. The molecule has 0 rings (SSSR count). The Balaban J connectivity index is 4.22. The fourth-order valence-corrected chi connectivity index (χ4v) is 7.32. The van der Waals surface area contributed by atoms with E-state index in [1.54, 1.807) is 0 Å². The van der Waals surface area contributed by atoms with E-state index in [2.05, 4.69) is 44.2 Å². The number of ether oxygens (including phenoxy) is 2. The molecule has 0 aliphatic rings. The molecule has 0 aromatic carbocycles. The van der Waals surface area contributed by atoms with Gasteiger partial charge in [0, 0.05) is 12.8 Å². The number of phosphoric ester groups is 1. The van der Waals surface area contributed by atoms with Crippen molar-refractivity contribution in [2.75, 3.05) is 47.5 Å². The van der Waals surface area contributed by atoms with E-state index in [1.807, 2.05) is 39.4 Å². The van der Waals surface area contributed by atoms with Crippen molar-refractivity contribution in [3.05, 3.63) is 48.6 Å². The van der Waals surface area contributed by atoms with E-state index < -0.39 is 32.5 Å². The van der Waals surface area contributed by atoms with Gasteiger partial charge in [0.15, 0.2) is 6.10 Å². The quantitative estimate of drug-likeness (QED) is 0.0149. The van der Waals surface area contributed by atoms with Crippen molar-refractivity contribution in [2.45, 2.75) is 213 Å². The van der Waals surface area contributed by atoms with Gasteiger partial charge in [-0.15, -0.1) is 0 Å². The lowest BCUT2D eigenvalue weighted by Gasteiger charge is -2.28. The molecule has 0 saturated heterocycles. The van der Waals surface area contributed by atoms with Crippen LogP contribution in [0.2, 0.25) is 0 Å². The normalized spacial score (nSPS) is 13.9. The summed E-state index contributed by atoms with van der Waals surface area (Å²) in [4.78, 5) is 37.6. The van der Waals surface area contributed by atoms with E-state index in [9.17, 15) is 19.0 Å². The van der Waals surface area contributed by atoms with Gasteiger partial charge in [-0.25, -0.2) is 0 Å². The number of hydrogen-bond acceptors (Lipinski definition) is 8. The Hall–Kier alpha value is -2.03. The second kappa shape index (κ2) is 42.3. The number of allylic oxidation sites excluding steroid dienone is 8. The zero-order valence-electron chi connectivity index (χ0n) is 39.4. The summed E-state index contributed by atoms with van der Waals surface area (Å²) in [6.45, 7) is 4.08. The highest BCUT2D eigenvalue weighted by molar-refractivity contribution is 7.45. The molecule has 0 aliphatic carbocycles. The molecular formula is C50H92NO8P. The summed E-state index contributed by atoms with van der Waals surface area (Å²) in [6.07, 6.45) is 50.1. The maximum atomic E-state index is 12.7. The Morgan fingerprint density at radius 2 is 0.967 bits per heavy atom. The first kappa shape index (κ1) is 58.0. The van der Waals surface area contributed by atoms with Gasteiger partial charge in [-0.3, -0.25) is 14.2 Å². The Morgan fingerprint density at radius 3 is 1.45 bits per heavy atom. The average molecular weight is 866 g/mol. The van der Waals surface area contributed by atoms with Gasteiger partial charge < -0.3 is 27.9 Å². The zero-order chi connectivity index (χ0) is 44.3. The van der Waals surface area contributed by atoms with Crippen LogP contribution in [0.1, 0.15) is 206 Å². The molecule has 0 aromatic rings. The number of rotatable bonds is 44. The highest BCUT2D eigenvalue weighted by atomic mass is 31.2. The summed E-state index contributed by atoms with van der Waals surface area (Å²) in [5.41, 5.74) is 0. The topological polar surface area (TPSA) is 111 Å². The molecule has 0 heterocycles. The van der Waals surface area contributed by atoms with E-state index in [4.69, 9.17) is 18.5 Å². The van der Waals surface area contributed by atoms with Gasteiger partial charge >= 0.3 is 11.9 Å². The largest absolute Gasteiger partial charge is 0.756 e. The van der Waals surface area contributed by atoms with Crippen molar-refractivity contribution >= 4 is 19.8 Å². The minimum absolute atomic E-state index is 0.0371. The number of quaternary nitrogens is 1. The lowest BCUT2D eigenvalue weighted by molar-refractivity contribution is -0.870. The molecule has 0 amide bonds. The molecule has 0 saturated carbocycles. The van der Waals surface area contributed by atoms with Gasteiger partial charge in [0.2, 0.25) is 0 Å². The molecule has 0 fully saturated rings. The van der Waals surface area contributed by atoms with Crippen molar-refractivity contribution in [3.63, 3.8) is 0 Å². The SMILES string of the molecule is CC/C=C/C=C/C=C/CCCCCCCC(=O)OC(COC(=O)CCCCCCCCC/C=C/CCCCCCCCCCCCCC)COP(=O)([O-])OCC[N+](C)(C)C. The second-order valence-electron chi connectivity index (χ2n) is 17.5. The molecule has 9 nitrogen and oxygen atoms in total. The number of unbranched alkanes of at least 4 members (excludes halogenated alkanes) is 24. The first-order valence-corrected chi connectivity index (χ1v) is 25.8. The number of carbonyl (C=O) groups is 2. The van der Waals surface area contributed by atoms with Crippen LogP contribution >= 0.6 is 7.82 Å². The standard InChI is InChI=1S/C50H92NO8P/c1-6-8-10-12-14-16-18-20-21-22-23-24-25-26-27-28-29-31-32-34-36-38-40-42-49(52)56-46-48(47-58-60(54,55)57-45-44-51(3,4)5)59-50(53)43-41-39-37-35-33-30-19-17-15-13-11-9-7-2/h9,11,13,15,17,19,26-27,48H,6-8,10,12,14,16,18,20-25,28-47H2,1-5H3/b11-9+,15-13+,19-17+,27-26+. The van der Waals surface area contributed by atoms with Crippen LogP contribution in [0, 0.1) is 0 Å². The number of hydrogen-bond donors (Lipinski definition) is 0. The highest BCUT2D eigenvalue weighted by Gasteiger charge is 2.21. The molecular weight excluding hydrogens is 774 g/mol. The smallest absolute Gasteiger partial charge is 0.306 e. The maximum absolute atomic E-state index is 12.7. The molecule has 0 aliphatic heterocycles. The molecule has 0 bridgehead atoms. The Kier molecular flexibility index (Phi) is 40.8. The predicted octanol–water partition coefficient (Wildman–Crippen LogP) is 13.6. The van der Waals surface area contributed by atoms with Crippen molar-refractivity contribution < 1.29 is 42.1 Å². The third-order valence-corrected chi connectivity index (χ3v) is 11.4. The van der Waals surface area contributed by atoms with E-state index in [-0.39, 0.29) is 26.1 Å². The lowest BCUT2D eigenvalue weighted by atomic mass is 10.0. The maximum Gasteiger partial charge on any atom is 0.306 e. The van der Waals surface area contributed by atoms with E-state index in [0.29, 0.717) is 17.4 Å². The van der Waals surface area contributed by atoms with Gasteiger partial charge in [-0.05, 0) is 57.8 Å². The van der Waals surface area contributed by atoms with E-state index in [1.165, 1.54) is 103 Å². The Labute approximate surface area is 369 Å². The zero-order valence-corrected chi connectivity index (χ0v) is 40.3. The Morgan fingerprint density at radius 1 is 0.533 bits per heavy atom. The van der Waals surface area contributed by atoms with Crippen LogP contribution in [0.15, 0.2) is 48.6 Å². The van der Waals surface area contributed by atoms with Crippen molar-refractivity contribution in [3.8, 4) is 0 Å². The van der Waals surface area contributed by atoms with Crippen LogP contribution in [0.25, 0.3) is 0 Å². The van der Waals surface area contributed by atoms with Gasteiger partial charge in [0.1, 0.15) is 19.8 Å². The predicted molar refractivity (Wildman–Crippen MR) is 250 cm³/mol. The van der Waals surface area contributed by atoms with Crippen molar-refractivity contribution in [2.24, 2.45) is 0 Å². The summed E-state index contributed by atoms with van der Waals surface area (Å²) < 4.78 is 33.9. The minimum atomic E-state index is -4.63. The molecule has 350 valence electrons. The second-order valence-corrected chi connectivity index (χ2v) is 18.9. The monoisotopic (exact) mass is 866 g/mol. The van der Waals surface area contributed by atoms with Gasteiger partial charge in [0.25, 0.3) is 7.82 Å². The molecule has 10 heteroatoms. The van der Waals surface area contributed by atoms with Gasteiger partial charge in [0.05, 0.1) is 27.7 Å². The van der Waals surface area contributed by atoms with Crippen LogP contribution in [0.5, 0.6) is 0 Å². The molecule has 0 spiro atoms. The Bertz CT molecular complexity index is 1160. The third kappa shape index (κ3) is 45.5.